The van der Waals surface area contributed by atoms with Gasteiger partial charge in [-0.1, -0.05) is 24.3 Å². The van der Waals surface area contributed by atoms with E-state index in [2.05, 4.69) is 51.4 Å². The average molecular weight is 338 g/mol. The number of likely N-dealkylation sites (tertiary alicyclic amines) is 1. The molecule has 2 N–H and O–H groups in total. The van der Waals surface area contributed by atoms with Crippen LogP contribution in [-0.4, -0.2) is 40.4 Å². The van der Waals surface area contributed by atoms with Gasteiger partial charge in [-0.05, 0) is 49.8 Å². The number of H-pyrrole nitrogens is 1. The highest BCUT2D eigenvalue weighted by Gasteiger charge is 2.28. The second kappa shape index (κ2) is 7.00. The van der Waals surface area contributed by atoms with E-state index in [1.165, 1.54) is 11.1 Å². The van der Waals surface area contributed by atoms with Gasteiger partial charge in [0.05, 0.1) is 12.0 Å². The second-order valence-electron chi connectivity index (χ2n) is 7.48. The number of aromatic nitrogens is 2. The number of nitrogens with zero attached hydrogens (tertiary/aromatic N) is 2. The molecule has 0 saturated carbocycles. The minimum Gasteiger partial charge on any atom is -0.356 e. The summed E-state index contributed by atoms with van der Waals surface area (Å²) >= 11 is 0. The summed E-state index contributed by atoms with van der Waals surface area (Å²) in [4.78, 5) is 22.5. The zero-order chi connectivity index (χ0) is 17.2. The van der Waals surface area contributed by atoms with Crippen molar-refractivity contribution >= 4 is 5.91 Å². The average Bonchev–Trinajstić information content (AvgIpc) is 3.33. The number of aromatic amines is 1. The quantitative estimate of drug-likeness (QED) is 0.877. The maximum Gasteiger partial charge on any atom is 0.223 e. The molecule has 0 radical (unpaired) electrons. The molecular formula is C20H26N4O. The first-order valence-corrected chi connectivity index (χ1v) is 9.24. The third-order valence-electron chi connectivity index (χ3n) is 5.66. The molecule has 2 aromatic rings. The monoisotopic (exact) mass is 338 g/mol. The van der Waals surface area contributed by atoms with Gasteiger partial charge in [-0.3, -0.25) is 9.69 Å². The maximum atomic E-state index is 12.5. The van der Waals surface area contributed by atoms with Crippen LogP contribution in [0.1, 0.15) is 28.9 Å². The standard InChI is InChI=1S/C20H26N4O/c1-14-19(23-13-22-14)12-24-7-6-15(11-24)10-21-20(25)18-8-16-4-2-3-5-17(16)9-18/h2-5,13,15,18H,6-12H2,1H3,(H,21,25)(H,22,23)/t15-/m0/s1. The Morgan fingerprint density at radius 3 is 2.76 bits per heavy atom. The van der Waals surface area contributed by atoms with Crippen molar-refractivity contribution in [2.75, 3.05) is 19.6 Å². The third kappa shape index (κ3) is 3.61. The molecule has 1 aliphatic heterocycles. The lowest BCUT2D eigenvalue weighted by Gasteiger charge is -2.16. The van der Waals surface area contributed by atoms with Crippen LogP contribution in [0.5, 0.6) is 0 Å². The molecule has 5 nitrogen and oxygen atoms in total. The molecule has 5 heteroatoms. The van der Waals surface area contributed by atoms with Crippen molar-refractivity contribution in [1.29, 1.82) is 0 Å². The number of amides is 1. The minimum atomic E-state index is 0.113. The fourth-order valence-electron chi connectivity index (χ4n) is 4.11. The van der Waals surface area contributed by atoms with E-state index in [1.807, 2.05) is 0 Å². The van der Waals surface area contributed by atoms with E-state index in [0.717, 1.165) is 56.8 Å². The molecule has 1 aliphatic carbocycles. The summed E-state index contributed by atoms with van der Waals surface area (Å²) in [5.74, 6) is 0.881. The zero-order valence-corrected chi connectivity index (χ0v) is 14.8. The molecule has 1 aromatic carbocycles. The number of hydrogen-bond donors (Lipinski definition) is 2. The van der Waals surface area contributed by atoms with Gasteiger partial charge in [-0.2, -0.15) is 0 Å². The van der Waals surface area contributed by atoms with Crippen LogP contribution in [0.4, 0.5) is 0 Å². The Morgan fingerprint density at radius 1 is 1.32 bits per heavy atom. The highest BCUT2D eigenvalue weighted by Crippen LogP contribution is 2.26. The molecule has 0 spiro atoms. The molecule has 0 bridgehead atoms. The smallest absolute Gasteiger partial charge is 0.223 e. The second-order valence-corrected chi connectivity index (χ2v) is 7.48. The molecular weight excluding hydrogens is 312 g/mol. The molecule has 1 saturated heterocycles. The van der Waals surface area contributed by atoms with Gasteiger partial charge >= 0.3 is 0 Å². The molecule has 0 unspecified atom stereocenters. The summed E-state index contributed by atoms with van der Waals surface area (Å²) in [7, 11) is 0. The zero-order valence-electron chi connectivity index (χ0n) is 14.8. The van der Waals surface area contributed by atoms with Gasteiger partial charge in [-0.15, -0.1) is 0 Å². The minimum absolute atomic E-state index is 0.113. The Labute approximate surface area is 148 Å². The molecule has 2 aliphatic rings. The number of hydrogen-bond acceptors (Lipinski definition) is 3. The van der Waals surface area contributed by atoms with Gasteiger partial charge < -0.3 is 10.3 Å². The van der Waals surface area contributed by atoms with E-state index in [1.54, 1.807) is 6.33 Å². The number of aryl methyl sites for hydroxylation is 1. The first kappa shape index (κ1) is 16.3. The van der Waals surface area contributed by atoms with Crippen LogP contribution < -0.4 is 5.32 Å². The molecule has 132 valence electrons. The fourth-order valence-corrected chi connectivity index (χ4v) is 4.11. The number of fused-ring (bicyclic) bond motifs is 1. The van der Waals surface area contributed by atoms with Gasteiger partial charge in [0.25, 0.3) is 0 Å². The van der Waals surface area contributed by atoms with E-state index < -0.39 is 0 Å². The lowest BCUT2D eigenvalue weighted by Crippen LogP contribution is -2.35. The van der Waals surface area contributed by atoms with Gasteiger partial charge in [0, 0.05) is 31.2 Å². The van der Waals surface area contributed by atoms with Crippen molar-refractivity contribution in [3.8, 4) is 0 Å². The number of carbonyl (C=O) groups is 1. The number of rotatable bonds is 5. The number of benzene rings is 1. The van der Waals surface area contributed by atoms with Crippen LogP contribution in [0, 0.1) is 18.8 Å². The van der Waals surface area contributed by atoms with Gasteiger partial charge in [0.1, 0.15) is 0 Å². The Balaban J connectivity index is 1.23. The van der Waals surface area contributed by atoms with Crippen molar-refractivity contribution in [2.45, 2.75) is 32.7 Å². The van der Waals surface area contributed by atoms with Crippen molar-refractivity contribution in [3.63, 3.8) is 0 Å². The summed E-state index contributed by atoms with van der Waals surface area (Å²) in [6.45, 7) is 5.88. The topological polar surface area (TPSA) is 61.0 Å². The molecule has 25 heavy (non-hydrogen) atoms. The number of nitrogens with one attached hydrogen (secondary N) is 2. The normalized spacial score (nSPS) is 20.8. The summed E-state index contributed by atoms with van der Waals surface area (Å²) in [5.41, 5.74) is 4.96. The number of carbonyl (C=O) groups excluding carboxylic acids is 1. The summed E-state index contributed by atoms with van der Waals surface area (Å²) in [6.07, 6.45) is 4.68. The third-order valence-corrected chi connectivity index (χ3v) is 5.66. The summed E-state index contributed by atoms with van der Waals surface area (Å²) in [5, 5.41) is 3.20. The Hall–Kier alpha value is -2.14. The van der Waals surface area contributed by atoms with Crippen molar-refractivity contribution in [3.05, 3.63) is 53.1 Å². The lowest BCUT2D eigenvalue weighted by atomic mass is 10.0. The van der Waals surface area contributed by atoms with Crippen molar-refractivity contribution in [1.82, 2.24) is 20.2 Å². The molecule has 2 heterocycles. The first-order valence-electron chi connectivity index (χ1n) is 9.24. The van der Waals surface area contributed by atoms with E-state index in [4.69, 9.17) is 0 Å². The fraction of sp³-hybridized carbons (Fsp3) is 0.500. The van der Waals surface area contributed by atoms with Crippen LogP contribution in [0.3, 0.4) is 0 Å². The Bertz CT molecular complexity index is 729. The van der Waals surface area contributed by atoms with Crippen LogP contribution in [0.25, 0.3) is 0 Å². The molecule has 1 aromatic heterocycles. The maximum absolute atomic E-state index is 12.5. The van der Waals surface area contributed by atoms with E-state index in [0.29, 0.717) is 5.92 Å². The van der Waals surface area contributed by atoms with E-state index in [-0.39, 0.29) is 11.8 Å². The van der Waals surface area contributed by atoms with E-state index >= 15 is 0 Å². The van der Waals surface area contributed by atoms with Crippen molar-refractivity contribution < 1.29 is 4.79 Å². The van der Waals surface area contributed by atoms with Crippen LogP contribution in [-0.2, 0) is 24.2 Å². The van der Waals surface area contributed by atoms with Crippen LogP contribution in [0.2, 0.25) is 0 Å². The lowest BCUT2D eigenvalue weighted by molar-refractivity contribution is -0.124. The van der Waals surface area contributed by atoms with Gasteiger partial charge in [0.15, 0.2) is 0 Å². The Morgan fingerprint density at radius 2 is 2.08 bits per heavy atom. The van der Waals surface area contributed by atoms with E-state index in [9.17, 15) is 4.79 Å². The highest BCUT2D eigenvalue weighted by atomic mass is 16.1. The predicted octanol–water partition coefficient (Wildman–Crippen LogP) is 2.07. The SMILES string of the molecule is Cc1[nH]cnc1CN1CC[C@@H](CNC(=O)C2Cc3ccccc3C2)C1. The molecule has 4 rings (SSSR count). The summed E-state index contributed by atoms with van der Waals surface area (Å²) in [6, 6.07) is 8.42. The molecule has 1 fully saturated rings. The first-order chi connectivity index (χ1) is 12.2. The van der Waals surface area contributed by atoms with Gasteiger partial charge in [0.2, 0.25) is 5.91 Å². The number of imidazole rings is 1. The molecule has 1 amide bonds. The van der Waals surface area contributed by atoms with Crippen molar-refractivity contribution in [2.24, 2.45) is 11.8 Å². The van der Waals surface area contributed by atoms with Crippen LogP contribution >= 0.6 is 0 Å². The largest absolute Gasteiger partial charge is 0.356 e. The Kier molecular flexibility index (Phi) is 4.57. The highest BCUT2D eigenvalue weighted by molar-refractivity contribution is 5.80. The van der Waals surface area contributed by atoms with Gasteiger partial charge in [-0.25, -0.2) is 4.98 Å². The predicted molar refractivity (Wildman–Crippen MR) is 97.1 cm³/mol. The molecule has 1 atom stereocenters. The summed E-state index contributed by atoms with van der Waals surface area (Å²) < 4.78 is 0. The van der Waals surface area contributed by atoms with Crippen LogP contribution in [0.15, 0.2) is 30.6 Å².